The molecule has 0 aliphatic carbocycles. The zero-order valence-electron chi connectivity index (χ0n) is 21.2. The number of carbonyl (C=O) groups excluding carboxylic acids is 2. The Bertz CT molecular complexity index is 1560. The molecule has 1 aliphatic rings. The molecule has 0 bridgehead atoms. The van der Waals surface area contributed by atoms with Gasteiger partial charge in [-0.05, 0) is 60.7 Å². The first-order valence-corrected chi connectivity index (χ1v) is 12.6. The highest BCUT2D eigenvalue weighted by molar-refractivity contribution is 6.07. The number of allylic oxidation sites excluding steroid dienone is 1. The topological polar surface area (TPSA) is 83.6 Å². The van der Waals surface area contributed by atoms with Gasteiger partial charge >= 0.3 is 12.2 Å². The van der Waals surface area contributed by atoms with Crippen molar-refractivity contribution in [3.63, 3.8) is 0 Å². The van der Waals surface area contributed by atoms with E-state index in [1.54, 1.807) is 6.08 Å². The van der Waals surface area contributed by atoms with Crippen molar-refractivity contribution in [1.29, 1.82) is 0 Å². The van der Waals surface area contributed by atoms with Crippen LogP contribution in [-0.4, -0.2) is 43.1 Å². The van der Waals surface area contributed by atoms with E-state index in [1.165, 1.54) is 48.5 Å². The molecular formula is C30H25F3N4O3. The predicted octanol–water partition coefficient (Wildman–Crippen LogP) is 6.63. The molecule has 2 amide bonds. The molecule has 5 rings (SSSR count). The van der Waals surface area contributed by atoms with E-state index in [1.807, 2.05) is 30.3 Å². The van der Waals surface area contributed by atoms with Gasteiger partial charge in [-0.25, -0.2) is 9.78 Å². The summed E-state index contributed by atoms with van der Waals surface area (Å²) in [5.41, 5.74) is 1.88. The fourth-order valence-electron chi connectivity index (χ4n) is 4.43. The van der Waals surface area contributed by atoms with E-state index in [2.05, 4.69) is 20.5 Å². The Morgan fingerprint density at radius 3 is 2.35 bits per heavy atom. The molecule has 204 valence electrons. The largest absolute Gasteiger partial charge is 0.418 e. The summed E-state index contributed by atoms with van der Waals surface area (Å²) in [6.45, 7) is 2.83. The lowest BCUT2D eigenvalue weighted by atomic mass is 10.1. The Labute approximate surface area is 228 Å². The standard InChI is InChI=1S/C30H25F3N4O3/c31-30(32,33)24-6-2-4-8-26(24)36-29(39)35-21-11-9-20(10-12-21)28(38)14-13-22-19-27(37-15-17-40-18-16-37)23-5-1-3-7-25(23)34-22/h1-14,19H,15-18H2,(H2,35,36,39). The number of ketones is 1. The Hall–Kier alpha value is -4.70. The maximum atomic E-state index is 13.2. The molecule has 1 fully saturated rings. The number of morpholine rings is 1. The fourth-order valence-corrected chi connectivity index (χ4v) is 4.43. The molecule has 0 atom stereocenters. The maximum absolute atomic E-state index is 13.2. The highest BCUT2D eigenvalue weighted by atomic mass is 19.4. The summed E-state index contributed by atoms with van der Waals surface area (Å²) in [5.74, 6) is -0.266. The number of ether oxygens (including phenoxy) is 1. The van der Waals surface area contributed by atoms with Crippen molar-refractivity contribution >= 4 is 45.9 Å². The van der Waals surface area contributed by atoms with Gasteiger partial charge in [0, 0.05) is 35.4 Å². The lowest BCUT2D eigenvalue weighted by Gasteiger charge is -2.30. The number of nitrogens with zero attached hydrogens (tertiary/aromatic N) is 2. The summed E-state index contributed by atoms with van der Waals surface area (Å²) in [6.07, 6.45) is -1.51. The van der Waals surface area contributed by atoms with E-state index in [0.717, 1.165) is 35.7 Å². The van der Waals surface area contributed by atoms with Crippen LogP contribution in [0.2, 0.25) is 0 Å². The molecule has 2 heterocycles. The second-order valence-corrected chi connectivity index (χ2v) is 9.08. The number of para-hydroxylation sites is 2. The highest BCUT2D eigenvalue weighted by Gasteiger charge is 2.33. The van der Waals surface area contributed by atoms with Crippen molar-refractivity contribution in [1.82, 2.24) is 4.98 Å². The lowest BCUT2D eigenvalue weighted by Crippen LogP contribution is -2.36. The normalized spacial score (nSPS) is 13.9. The summed E-state index contributed by atoms with van der Waals surface area (Å²) < 4.78 is 45.0. The number of hydrogen-bond donors (Lipinski definition) is 2. The van der Waals surface area contributed by atoms with Crippen molar-refractivity contribution in [3.05, 3.63) is 102 Å². The molecule has 10 heteroatoms. The first kappa shape index (κ1) is 26.9. The van der Waals surface area contributed by atoms with Crippen LogP contribution in [0.4, 0.5) is 35.0 Å². The molecule has 1 aliphatic heterocycles. The summed E-state index contributed by atoms with van der Waals surface area (Å²) in [7, 11) is 0. The van der Waals surface area contributed by atoms with E-state index in [0.29, 0.717) is 30.2 Å². The third-order valence-electron chi connectivity index (χ3n) is 6.38. The molecule has 2 N–H and O–H groups in total. The zero-order valence-corrected chi connectivity index (χ0v) is 21.2. The number of fused-ring (bicyclic) bond motifs is 1. The van der Waals surface area contributed by atoms with Crippen molar-refractivity contribution in [2.24, 2.45) is 0 Å². The van der Waals surface area contributed by atoms with Gasteiger partial charge in [-0.1, -0.05) is 30.3 Å². The van der Waals surface area contributed by atoms with Crippen molar-refractivity contribution in [2.45, 2.75) is 6.18 Å². The van der Waals surface area contributed by atoms with Gasteiger partial charge in [0.2, 0.25) is 0 Å². The lowest BCUT2D eigenvalue weighted by molar-refractivity contribution is -0.136. The van der Waals surface area contributed by atoms with E-state index >= 15 is 0 Å². The van der Waals surface area contributed by atoms with Crippen molar-refractivity contribution < 1.29 is 27.5 Å². The van der Waals surface area contributed by atoms with Gasteiger partial charge in [0.15, 0.2) is 5.78 Å². The number of rotatable bonds is 6. The minimum absolute atomic E-state index is 0.266. The molecule has 0 unspecified atom stereocenters. The van der Waals surface area contributed by atoms with E-state index in [9.17, 15) is 22.8 Å². The number of carbonyl (C=O) groups is 2. The molecule has 7 nitrogen and oxygen atoms in total. The molecule has 40 heavy (non-hydrogen) atoms. The maximum Gasteiger partial charge on any atom is 0.418 e. The number of hydrogen-bond acceptors (Lipinski definition) is 5. The third kappa shape index (κ3) is 6.29. The highest BCUT2D eigenvalue weighted by Crippen LogP contribution is 2.34. The fraction of sp³-hybridized carbons (Fsp3) is 0.167. The number of urea groups is 1. The smallest absolute Gasteiger partial charge is 0.378 e. The van der Waals surface area contributed by atoms with Gasteiger partial charge in [0.05, 0.1) is 35.7 Å². The Balaban J connectivity index is 1.26. The van der Waals surface area contributed by atoms with E-state index in [-0.39, 0.29) is 11.5 Å². The number of nitrogens with one attached hydrogen (secondary N) is 2. The van der Waals surface area contributed by atoms with Crippen LogP contribution in [0.15, 0.2) is 84.9 Å². The van der Waals surface area contributed by atoms with Gasteiger partial charge in [-0.3, -0.25) is 4.79 Å². The van der Waals surface area contributed by atoms with Crippen LogP contribution in [0.5, 0.6) is 0 Å². The second-order valence-electron chi connectivity index (χ2n) is 9.08. The number of amides is 2. The van der Waals surface area contributed by atoms with Crippen LogP contribution in [0.3, 0.4) is 0 Å². The van der Waals surface area contributed by atoms with Gasteiger partial charge in [-0.15, -0.1) is 0 Å². The third-order valence-corrected chi connectivity index (χ3v) is 6.38. The van der Waals surface area contributed by atoms with Crippen LogP contribution in [0, 0.1) is 0 Å². The molecule has 1 aromatic heterocycles. The molecule has 1 saturated heterocycles. The number of benzene rings is 3. The summed E-state index contributed by atoms with van der Waals surface area (Å²) >= 11 is 0. The SMILES string of the molecule is O=C(Nc1ccc(C(=O)C=Cc2cc(N3CCOCC3)c3ccccc3n2)cc1)Nc1ccccc1C(F)(F)F. The average molecular weight is 547 g/mol. The van der Waals surface area contributed by atoms with Crippen molar-refractivity contribution in [2.75, 3.05) is 41.8 Å². The van der Waals surface area contributed by atoms with Gasteiger partial charge in [-0.2, -0.15) is 13.2 Å². The number of halogens is 3. The van der Waals surface area contributed by atoms with Crippen LogP contribution in [0.25, 0.3) is 17.0 Å². The average Bonchev–Trinajstić information content (AvgIpc) is 2.96. The van der Waals surface area contributed by atoms with Crippen LogP contribution < -0.4 is 15.5 Å². The zero-order chi connectivity index (χ0) is 28.1. The molecule has 4 aromatic rings. The second kappa shape index (κ2) is 11.6. The summed E-state index contributed by atoms with van der Waals surface area (Å²) in [5, 5.41) is 5.72. The summed E-state index contributed by atoms with van der Waals surface area (Å²) in [4.78, 5) is 32.0. The Kier molecular flexibility index (Phi) is 7.79. The first-order chi connectivity index (χ1) is 19.3. The molecule has 3 aromatic carbocycles. The number of pyridine rings is 1. The number of aromatic nitrogens is 1. The summed E-state index contributed by atoms with van der Waals surface area (Å²) in [6, 6.07) is 19.7. The Morgan fingerprint density at radius 1 is 0.900 bits per heavy atom. The number of alkyl halides is 3. The minimum atomic E-state index is -4.61. The van der Waals surface area contributed by atoms with Crippen LogP contribution in [0.1, 0.15) is 21.6 Å². The van der Waals surface area contributed by atoms with Gasteiger partial charge < -0.3 is 20.3 Å². The molecule has 0 spiro atoms. The van der Waals surface area contributed by atoms with E-state index < -0.39 is 17.8 Å². The van der Waals surface area contributed by atoms with Crippen LogP contribution >= 0.6 is 0 Å². The monoisotopic (exact) mass is 546 g/mol. The molecular weight excluding hydrogens is 521 g/mol. The minimum Gasteiger partial charge on any atom is -0.378 e. The predicted molar refractivity (Wildman–Crippen MR) is 149 cm³/mol. The van der Waals surface area contributed by atoms with Crippen LogP contribution in [-0.2, 0) is 10.9 Å². The van der Waals surface area contributed by atoms with E-state index in [4.69, 9.17) is 4.74 Å². The van der Waals surface area contributed by atoms with Gasteiger partial charge in [0.1, 0.15) is 0 Å². The Morgan fingerprint density at radius 2 is 1.60 bits per heavy atom. The molecule has 0 radical (unpaired) electrons. The quantitative estimate of drug-likeness (QED) is 0.210. The number of anilines is 3. The van der Waals surface area contributed by atoms with Crippen molar-refractivity contribution in [3.8, 4) is 0 Å². The first-order valence-electron chi connectivity index (χ1n) is 12.6. The van der Waals surface area contributed by atoms with Gasteiger partial charge in [0.25, 0.3) is 0 Å². The molecule has 0 saturated carbocycles.